The maximum atomic E-state index is 12.1. The van der Waals surface area contributed by atoms with Gasteiger partial charge in [-0.05, 0) is 48.2 Å². The van der Waals surface area contributed by atoms with Crippen LogP contribution in [0.1, 0.15) is 30.5 Å². The van der Waals surface area contributed by atoms with E-state index in [0.29, 0.717) is 11.6 Å². The summed E-state index contributed by atoms with van der Waals surface area (Å²) < 4.78 is 5.16. The third-order valence-corrected chi connectivity index (χ3v) is 4.06. The van der Waals surface area contributed by atoms with Crippen LogP contribution in [0.15, 0.2) is 48.5 Å². The fraction of sp³-hybridized carbons (Fsp3) is 0.316. The van der Waals surface area contributed by atoms with Crippen molar-refractivity contribution in [3.8, 4) is 5.75 Å². The predicted molar refractivity (Wildman–Crippen MR) is 97.7 cm³/mol. The van der Waals surface area contributed by atoms with Crippen molar-refractivity contribution >= 4 is 17.6 Å². The van der Waals surface area contributed by atoms with Crippen molar-refractivity contribution in [3.05, 3.63) is 64.7 Å². The molecular weight excluding hydrogens is 324 g/mol. The van der Waals surface area contributed by atoms with Gasteiger partial charge in [-0.15, -0.1) is 0 Å². The normalized spacial score (nSPS) is 11.6. The highest BCUT2D eigenvalue weighted by molar-refractivity contribution is 6.30. The Labute approximate surface area is 148 Å². The van der Waals surface area contributed by atoms with Gasteiger partial charge in [-0.2, -0.15) is 0 Å². The third-order valence-electron chi connectivity index (χ3n) is 3.82. The van der Waals surface area contributed by atoms with Gasteiger partial charge < -0.3 is 15.4 Å². The van der Waals surface area contributed by atoms with E-state index in [-0.39, 0.29) is 12.1 Å². The van der Waals surface area contributed by atoms with E-state index >= 15 is 0 Å². The Morgan fingerprint density at radius 1 is 1.21 bits per heavy atom. The Balaban J connectivity index is 1.82. The highest BCUT2D eigenvalue weighted by Crippen LogP contribution is 2.20. The molecule has 1 atom stereocenters. The molecule has 2 aromatic rings. The molecule has 2 amide bonds. The average molecular weight is 347 g/mol. The number of rotatable bonds is 7. The average Bonchev–Trinajstić information content (AvgIpc) is 2.60. The van der Waals surface area contributed by atoms with Crippen LogP contribution in [-0.2, 0) is 6.42 Å². The number of carbonyl (C=O) groups is 1. The van der Waals surface area contributed by atoms with Crippen molar-refractivity contribution in [2.45, 2.75) is 25.8 Å². The maximum Gasteiger partial charge on any atom is 0.315 e. The van der Waals surface area contributed by atoms with Crippen LogP contribution in [-0.4, -0.2) is 19.7 Å². The summed E-state index contributed by atoms with van der Waals surface area (Å²) in [6.07, 6.45) is 1.56. The van der Waals surface area contributed by atoms with Gasteiger partial charge >= 0.3 is 6.03 Å². The maximum absolute atomic E-state index is 12.1. The topological polar surface area (TPSA) is 50.4 Å². The summed E-state index contributed by atoms with van der Waals surface area (Å²) in [5.41, 5.74) is 2.16. The zero-order valence-electron chi connectivity index (χ0n) is 14.0. The quantitative estimate of drug-likeness (QED) is 0.783. The van der Waals surface area contributed by atoms with Gasteiger partial charge in [-0.3, -0.25) is 0 Å². The van der Waals surface area contributed by atoms with Crippen molar-refractivity contribution < 1.29 is 9.53 Å². The summed E-state index contributed by atoms with van der Waals surface area (Å²) in [6, 6.07) is 15.2. The Bertz CT molecular complexity index is 659. The fourth-order valence-corrected chi connectivity index (χ4v) is 2.69. The number of methoxy groups -OCH3 is 1. The van der Waals surface area contributed by atoms with Crippen LogP contribution in [0.4, 0.5) is 4.79 Å². The summed E-state index contributed by atoms with van der Waals surface area (Å²) in [4.78, 5) is 12.1. The standard InChI is InChI=1S/C19H23ClN2O2/c1-3-18(15-7-9-17(24-2)10-8-15)22-19(23)21-12-11-14-5-4-6-16(20)13-14/h4-10,13,18H,3,11-12H2,1-2H3,(H2,21,22,23). The van der Waals surface area contributed by atoms with Gasteiger partial charge in [0.05, 0.1) is 13.2 Å². The van der Waals surface area contributed by atoms with E-state index in [2.05, 4.69) is 10.6 Å². The lowest BCUT2D eigenvalue weighted by Crippen LogP contribution is -2.38. The molecule has 0 radical (unpaired) electrons. The first-order chi connectivity index (χ1) is 11.6. The van der Waals surface area contributed by atoms with Crippen molar-refractivity contribution in [2.75, 3.05) is 13.7 Å². The minimum Gasteiger partial charge on any atom is -0.497 e. The smallest absolute Gasteiger partial charge is 0.315 e. The highest BCUT2D eigenvalue weighted by Gasteiger charge is 2.12. The first-order valence-corrected chi connectivity index (χ1v) is 8.43. The number of ether oxygens (including phenoxy) is 1. The first kappa shape index (κ1) is 18.1. The van der Waals surface area contributed by atoms with Gasteiger partial charge in [0.2, 0.25) is 0 Å². The molecule has 0 aliphatic carbocycles. The molecule has 4 nitrogen and oxygen atoms in total. The second kappa shape index (κ2) is 9.18. The molecule has 5 heteroatoms. The minimum absolute atomic E-state index is 0.0259. The van der Waals surface area contributed by atoms with E-state index in [4.69, 9.17) is 16.3 Å². The number of urea groups is 1. The molecule has 0 aromatic heterocycles. The molecule has 0 bridgehead atoms. The molecule has 24 heavy (non-hydrogen) atoms. The van der Waals surface area contributed by atoms with E-state index in [1.165, 1.54) is 0 Å². The third kappa shape index (κ3) is 5.46. The molecule has 0 saturated carbocycles. The zero-order chi connectivity index (χ0) is 17.4. The van der Waals surface area contributed by atoms with Crippen molar-refractivity contribution in [2.24, 2.45) is 0 Å². The monoisotopic (exact) mass is 346 g/mol. The molecule has 2 aromatic carbocycles. The van der Waals surface area contributed by atoms with Gasteiger partial charge in [0, 0.05) is 11.6 Å². The van der Waals surface area contributed by atoms with Gasteiger partial charge in [0.25, 0.3) is 0 Å². The molecule has 0 aliphatic heterocycles. The molecule has 1 unspecified atom stereocenters. The largest absolute Gasteiger partial charge is 0.497 e. The van der Waals surface area contributed by atoms with Crippen LogP contribution in [0.2, 0.25) is 5.02 Å². The lowest BCUT2D eigenvalue weighted by Gasteiger charge is -2.18. The number of halogens is 1. The predicted octanol–water partition coefficient (Wildman–Crippen LogP) is 4.34. The lowest BCUT2D eigenvalue weighted by molar-refractivity contribution is 0.237. The molecule has 128 valence electrons. The van der Waals surface area contributed by atoms with Crippen LogP contribution < -0.4 is 15.4 Å². The van der Waals surface area contributed by atoms with Gasteiger partial charge in [0.15, 0.2) is 0 Å². The minimum atomic E-state index is -0.167. The highest BCUT2D eigenvalue weighted by atomic mass is 35.5. The van der Waals surface area contributed by atoms with Gasteiger partial charge in [-0.1, -0.05) is 42.8 Å². The molecule has 0 aliphatic rings. The van der Waals surface area contributed by atoms with E-state index in [0.717, 1.165) is 29.7 Å². The number of amides is 2. The van der Waals surface area contributed by atoms with Gasteiger partial charge in [0.1, 0.15) is 5.75 Å². The van der Waals surface area contributed by atoms with Crippen LogP contribution >= 0.6 is 11.6 Å². The summed E-state index contributed by atoms with van der Waals surface area (Å²) in [7, 11) is 1.64. The molecule has 0 saturated heterocycles. The molecule has 0 heterocycles. The number of carbonyl (C=O) groups excluding carboxylic acids is 1. The van der Waals surface area contributed by atoms with Crippen LogP contribution in [0.3, 0.4) is 0 Å². The summed E-state index contributed by atoms with van der Waals surface area (Å²) >= 11 is 5.95. The SMILES string of the molecule is CCC(NC(=O)NCCc1cccc(Cl)c1)c1ccc(OC)cc1. The molecule has 0 fully saturated rings. The Kier molecular flexibility index (Phi) is 6.94. The summed E-state index contributed by atoms with van der Waals surface area (Å²) in [5, 5.41) is 6.60. The second-order valence-electron chi connectivity index (χ2n) is 5.51. The van der Waals surface area contributed by atoms with Crippen molar-refractivity contribution in [1.29, 1.82) is 0 Å². The van der Waals surface area contributed by atoms with E-state index < -0.39 is 0 Å². The van der Waals surface area contributed by atoms with E-state index in [1.54, 1.807) is 7.11 Å². The molecule has 2 N–H and O–H groups in total. The summed E-state index contributed by atoms with van der Waals surface area (Å²) in [5.74, 6) is 0.805. The number of nitrogens with one attached hydrogen (secondary N) is 2. The number of benzene rings is 2. The molecule has 2 rings (SSSR count). The van der Waals surface area contributed by atoms with Crippen LogP contribution in [0.5, 0.6) is 5.75 Å². The van der Waals surface area contributed by atoms with Crippen LogP contribution in [0.25, 0.3) is 0 Å². The van der Waals surface area contributed by atoms with Crippen LogP contribution in [0, 0.1) is 0 Å². The Hall–Kier alpha value is -2.20. The number of hydrogen-bond acceptors (Lipinski definition) is 2. The molecular formula is C19H23ClN2O2. The van der Waals surface area contributed by atoms with E-state index in [1.807, 2.05) is 55.5 Å². The second-order valence-corrected chi connectivity index (χ2v) is 5.95. The van der Waals surface area contributed by atoms with Crippen molar-refractivity contribution in [1.82, 2.24) is 10.6 Å². The van der Waals surface area contributed by atoms with Gasteiger partial charge in [-0.25, -0.2) is 4.79 Å². The number of hydrogen-bond donors (Lipinski definition) is 2. The Morgan fingerprint density at radius 3 is 2.58 bits per heavy atom. The summed E-state index contributed by atoms with van der Waals surface area (Å²) in [6.45, 7) is 2.60. The molecule has 0 spiro atoms. The first-order valence-electron chi connectivity index (χ1n) is 8.05. The lowest BCUT2D eigenvalue weighted by atomic mass is 10.0. The zero-order valence-corrected chi connectivity index (χ0v) is 14.8. The Morgan fingerprint density at radius 2 is 1.96 bits per heavy atom. The van der Waals surface area contributed by atoms with Crippen molar-refractivity contribution in [3.63, 3.8) is 0 Å². The fourth-order valence-electron chi connectivity index (χ4n) is 2.48. The van der Waals surface area contributed by atoms with E-state index in [9.17, 15) is 4.79 Å².